The molecule has 1 aliphatic heterocycles. The van der Waals surface area contributed by atoms with E-state index in [-0.39, 0.29) is 40.8 Å². The maximum absolute atomic E-state index is 12.4. The third kappa shape index (κ3) is 3.49. The number of carbonyl (C=O) groups is 1. The molecule has 0 aliphatic carbocycles. The van der Waals surface area contributed by atoms with Crippen molar-refractivity contribution < 1.29 is 14.3 Å². The molecule has 0 radical (unpaired) electrons. The van der Waals surface area contributed by atoms with Crippen LogP contribution in [0, 0.1) is 0 Å². The number of aromatic hydroxyl groups is 1. The van der Waals surface area contributed by atoms with Crippen molar-refractivity contribution in [2.24, 2.45) is 0 Å². The predicted octanol–water partition coefficient (Wildman–Crippen LogP) is 3.11. The zero-order valence-electron chi connectivity index (χ0n) is 16.3. The first-order valence-corrected chi connectivity index (χ1v) is 10.4. The van der Waals surface area contributed by atoms with E-state index in [2.05, 4.69) is 26.6 Å². The van der Waals surface area contributed by atoms with Gasteiger partial charge in [-0.3, -0.25) is 14.4 Å². The van der Waals surface area contributed by atoms with Crippen LogP contribution >= 0.6 is 15.9 Å². The molecule has 0 unspecified atom stereocenters. The van der Waals surface area contributed by atoms with Gasteiger partial charge < -0.3 is 25.1 Å². The van der Waals surface area contributed by atoms with E-state index in [1.807, 2.05) is 6.92 Å². The number of hydrogen-bond donors (Lipinski definition) is 3. The van der Waals surface area contributed by atoms with E-state index in [9.17, 15) is 19.5 Å². The number of anilines is 3. The van der Waals surface area contributed by atoms with Crippen molar-refractivity contribution in [1.29, 1.82) is 0 Å². The fourth-order valence-electron chi connectivity index (χ4n) is 3.28. The van der Waals surface area contributed by atoms with Crippen LogP contribution in [0.3, 0.4) is 0 Å². The number of rotatable bonds is 7. The molecule has 2 aromatic carbocycles. The summed E-state index contributed by atoms with van der Waals surface area (Å²) in [6.45, 7) is 3.50. The number of benzene rings is 1. The lowest BCUT2D eigenvalue weighted by Gasteiger charge is -2.31. The Morgan fingerprint density at radius 1 is 1.23 bits per heavy atom. The van der Waals surface area contributed by atoms with Crippen LogP contribution in [0.4, 0.5) is 17.1 Å². The molecule has 3 N–H and O–H groups in total. The minimum absolute atomic E-state index is 0.0465. The molecule has 1 amide bonds. The van der Waals surface area contributed by atoms with Gasteiger partial charge in [-0.05, 0) is 40.5 Å². The van der Waals surface area contributed by atoms with Gasteiger partial charge in [0.15, 0.2) is 5.75 Å². The Bertz CT molecular complexity index is 1190. The quantitative estimate of drug-likeness (QED) is 0.357. The summed E-state index contributed by atoms with van der Waals surface area (Å²) in [5.41, 5.74) is -0.835. The maximum Gasteiger partial charge on any atom is 0.257 e. The molecule has 1 fully saturated rings. The van der Waals surface area contributed by atoms with Gasteiger partial charge in [0, 0.05) is 19.5 Å². The van der Waals surface area contributed by atoms with Gasteiger partial charge in [0.2, 0.25) is 0 Å². The first-order chi connectivity index (χ1) is 14.4. The van der Waals surface area contributed by atoms with Crippen molar-refractivity contribution in [1.82, 2.24) is 4.90 Å². The standard InChI is InChI=1S/C21H20BrN3O5/c1-2-15-13(22)9-11(30-15)10-23-16-17(20(28)19(16)27)24-14-6-3-5-12(18(14)26)21(29)25-7-4-8-25/h3,5-6,9,23-24,26H,2,4,7-8,10H2,1H3. The first kappa shape index (κ1) is 20.2. The smallest absolute Gasteiger partial charge is 0.257 e. The van der Waals surface area contributed by atoms with Crippen molar-refractivity contribution in [2.75, 3.05) is 23.7 Å². The van der Waals surface area contributed by atoms with E-state index in [0.29, 0.717) is 18.8 Å². The first-order valence-electron chi connectivity index (χ1n) is 9.63. The van der Waals surface area contributed by atoms with Crippen molar-refractivity contribution in [3.63, 3.8) is 0 Å². The molecule has 8 nitrogen and oxygen atoms in total. The van der Waals surface area contributed by atoms with Crippen LogP contribution in [-0.2, 0) is 13.0 Å². The average molecular weight is 474 g/mol. The molecule has 4 rings (SSSR count). The van der Waals surface area contributed by atoms with E-state index in [1.54, 1.807) is 23.1 Å². The minimum atomic E-state index is -0.689. The van der Waals surface area contributed by atoms with Crippen LogP contribution in [0.25, 0.3) is 0 Å². The molecule has 0 spiro atoms. The number of phenolic OH excluding ortho intramolecular Hbond substituents is 1. The average Bonchev–Trinajstić information content (AvgIpc) is 3.06. The number of para-hydroxylation sites is 1. The second-order valence-corrected chi connectivity index (χ2v) is 7.93. The van der Waals surface area contributed by atoms with Gasteiger partial charge in [-0.1, -0.05) is 13.0 Å². The summed E-state index contributed by atoms with van der Waals surface area (Å²) in [5, 5.41) is 16.3. The van der Waals surface area contributed by atoms with Crippen LogP contribution in [0.15, 0.2) is 42.7 Å². The highest BCUT2D eigenvalue weighted by Gasteiger charge is 2.26. The van der Waals surface area contributed by atoms with Gasteiger partial charge in [-0.25, -0.2) is 0 Å². The van der Waals surface area contributed by atoms with Gasteiger partial charge in [-0.15, -0.1) is 0 Å². The van der Waals surface area contributed by atoms with Gasteiger partial charge >= 0.3 is 0 Å². The fourth-order valence-corrected chi connectivity index (χ4v) is 3.90. The highest BCUT2D eigenvalue weighted by Crippen LogP contribution is 2.33. The maximum atomic E-state index is 12.4. The number of aryl methyl sites for hydroxylation is 1. The highest BCUT2D eigenvalue weighted by molar-refractivity contribution is 9.10. The molecule has 2 heterocycles. The van der Waals surface area contributed by atoms with Gasteiger partial charge in [0.1, 0.15) is 22.9 Å². The lowest BCUT2D eigenvalue weighted by molar-refractivity contribution is 0.0649. The summed E-state index contributed by atoms with van der Waals surface area (Å²) in [7, 11) is 0. The Labute approximate surface area is 180 Å². The largest absolute Gasteiger partial charge is 0.505 e. The van der Waals surface area contributed by atoms with E-state index in [0.717, 1.165) is 23.1 Å². The third-order valence-electron chi connectivity index (χ3n) is 5.15. The van der Waals surface area contributed by atoms with Gasteiger partial charge in [0.05, 0.1) is 22.3 Å². The Balaban J connectivity index is 1.53. The molecule has 1 saturated heterocycles. The number of halogens is 1. The predicted molar refractivity (Wildman–Crippen MR) is 116 cm³/mol. The second-order valence-electron chi connectivity index (χ2n) is 7.07. The van der Waals surface area contributed by atoms with Crippen molar-refractivity contribution in [3.05, 3.63) is 66.3 Å². The molecule has 156 valence electrons. The molecule has 1 aliphatic rings. The van der Waals surface area contributed by atoms with E-state index >= 15 is 0 Å². The summed E-state index contributed by atoms with van der Waals surface area (Å²) >= 11 is 3.41. The molecule has 30 heavy (non-hydrogen) atoms. The zero-order valence-corrected chi connectivity index (χ0v) is 17.8. The van der Waals surface area contributed by atoms with E-state index in [4.69, 9.17) is 4.42 Å². The van der Waals surface area contributed by atoms with Crippen LogP contribution in [-0.4, -0.2) is 29.0 Å². The summed E-state index contributed by atoms with van der Waals surface area (Å²) in [5.74, 6) is 0.892. The molecule has 1 aromatic heterocycles. The van der Waals surface area contributed by atoms with Crippen molar-refractivity contribution in [3.8, 4) is 5.75 Å². The number of carbonyl (C=O) groups excluding carboxylic acids is 1. The summed E-state index contributed by atoms with van der Waals surface area (Å²) in [4.78, 5) is 38.2. The zero-order chi connectivity index (χ0) is 21.4. The summed E-state index contributed by atoms with van der Waals surface area (Å²) in [6, 6.07) is 6.49. The lowest BCUT2D eigenvalue weighted by atomic mass is 10.1. The van der Waals surface area contributed by atoms with Gasteiger partial charge in [-0.2, -0.15) is 0 Å². The molecule has 0 saturated carbocycles. The topological polar surface area (TPSA) is 112 Å². The Morgan fingerprint density at radius 3 is 2.60 bits per heavy atom. The molecule has 3 aromatic rings. The molecular formula is C21H20BrN3O5. The van der Waals surface area contributed by atoms with Crippen LogP contribution in [0.2, 0.25) is 0 Å². The second kappa shape index (κ2) is 7.98. The highest BCUT2D eigenvalue weighted by atomic mass is 79.9. The number of amides is 1. The number of phenols is 1. The number of likely N-dealkylation sites (tertiary alicyclic amines) is 1. The Kier molecular flexibility index (Phi) is 5.38. The summed E-state index contributed by atoms with van der Waals surface area (Å²) in [6.07, 6.45) is 1.66. The number of nitrogens with one attached hydrogen (secondary N) is 2. The molecular weight excluding hydrogens is 454 g/mol. The van der Waals surface area contributed by atoms with E-state index < -0.39 is 10.9 Å². The van der Waals surface area contributed by atoms with Crippen LogP contribution in [0.5, 0.6) is 5.75 Å². The number of nitrogens with zero attached hydrogens (tertiary/aromatic N) is 1. The van der Waals surface area contributed by atoms with Crippen molar-refractivity contribution >= 4 is 38.9 Å². The Hall–Kier alpha value is -3.07. The van der Waals surface area contributed by atoms with Crippen molar-refractivity contribution in [2.45, 2.75) is 26.3 Å². The molecule has 0 atom stereocenters. The number of furan rings is 1. The fraction of sp³-hybridized carbons (Fsp3) is 0.286. The lowest BCUT2D eigenvalue weighted by Crippen LogP contribution is -2.42. The monoisotopic (exact) mass is 473 g/mol. The third-order valence-corrected chi connectivity index (χ3v) is 5.82. The molecule has 9 heteroatoms. The molecule has 0 bridgehead atoms. The minimum Gasteiger partial charge on any atom is -0.505 e. The van der Waals surface area contributed by atoms with E-state index in [1.165, 1.54) is 6.07 Å². The van der Waals surface area contributed by atoms with Crippen LogP contribution < -0.4 is 21.5 Å². The van der Waals surface area contributed by atoms with Gasteiger partial charge in [0.25, 0.3) is 16.8 Å². The summed E-state index contributed by atoms with van der Waals surface area (Å²) < 4.78 is 6.51. The normalized spacial score (nSPS) is 13.3. The van der Waals surface area contributed by atoms with Crippen LogP contribution in [0.1, 0.15) is 35.2 Å². The Morgan fingerprint density at radius 2 is 1.97 bits per heavy atom. The number of hydrogen-bond acceptors (Lipinski definition) is 7. The SMILES string of the molecule is CCc1oc(CNc2c(Nc3cccc(C(=O)N4CCC4)c3O)c(=O)c2=O)cc1Br.